The summed E-state index contributed by atoms with van der Waals surface area (Å²) in [6, 6.07) is 8.53. The van der Waals surface area contributed by atoms with Crippen LogP contribution in [0.25, 0.3) is 11.6 Å². The summed E-state index contributed by atoms with van der Waals surface area (Å²) in [5.41, 5.74) is 3.72. The zero-order chi connectivity index (χ0) is 10.4. The van der Waals surface area contributed by atoms with Gasteiger partial charge in [-0.05, 0) is 35.6 Å². The highest BCUT2D eigenvalue weighted by Gasteiger charge is 1.95. The molecule has 0 saturated carbocycles. The van der Waals surface area contributed by atoms with Crippen LogP contribution >= 0.6 is 0 Å². The van der Waals surface area contributed by atoms with Gasteiger partial charge in [0, 0.05) is 0 Å². The lowest BCUT2D eigenvalue weighted by molar-refractivity contribution is 1.23. The van der Waals surface area contributed by atoms with Crippen molar-refractivity contribution in [3.05, 3.63) is 48.0 Å². The van der Waals surface area contributed by atoms with E-state index in [1.165, 1.54) is 16.7 Å². The molecule has 0 bridgehead atoms. The van der Waals surface area contributed by atoms with E-state index in [0.29, 0.717) is 0 Å². The molecule has 0 saturated heterocycles. The van der Waals surface area contributed by atoms with E-state index < -0.39 is 0 Å². The summed E-state index contributed by atoms with van der Waals surface area (Å²) in [5, 5.41) is 0. The first-order chi connectivity index (χ1) is 6.77. The predicted molar refractivity (Wildman–Crippen MR) is 65.1 cm³/mol. The van der Waals surface area contributed by atoms with Gasteiger partial charge in [0.15, 0.2) is 0 Å². The number of hydrogen-bond acceptors (Lipinski definition) is 0. The molecular formula is C14H18. The second-order valence-corrected chi connectivity index (χ2v) is 3.39. The van der Waals surface area contributed by atoms with Crippen LogP contribution in [0.15, 0.2) is 36.9 Å². The third kappa shape index (κ3) is 2.88. The summed E-state index contributed by atoms with van der Waals surface area (Å²) in [7, 11) is 0. The first kappa shape index (κ1) is 10.8. The summed E-state index contributed by atoms with van der Waals surface area (Å²) in [6.45, 7) is 8.32. The Kier molecular flexibility index (Phi) is 4.18. The van der Waals surface area contributed by atoms with Crippen molar-refractivity contribution < 1.29 is 0 Å². The van der Waals surface area contributed by atoms with Gasteiger partial charge in [-0.3, -0.25) is 0 Å². The molecule has 0 atom stereocenters. The maximum absolute atomic E-state index is 4.04. The fourth-order valence-electron chi connectivity index (χ4n) is 1.32. The van der Waals surface area contributed by atoms with Gasteiger partial charge in [-0.2, -0.15) is 0 Å². The van der Waals surface area contributed by atoms with Gasteiger partial charge >= 0.3 is 0 Å². The van der Waals surface area contributed by atoms with E-state index in [9.17, 15) is 0 Å². The highest BCUT2D eigenvalue weighted by atomic mass is 14.0. The van der Waals surface area contributed by atoms with Gasteiger partial charge in [-0.15, -0.1) is 0 Å². The van der Waals surface area contributed by atoms with Crippen LogP contribution in [0.3, 0.4) is 0 Å². The standard InChI is InChI=1S/C14H18/c1-4-6-8-13-9-7-10-14(11-13)12(3)5-2/h6-11H,3-5H2,1-2H3/b8-6-. The lowest BCUT2D eigenvalue weighted by Gasteiger charge is -2.03. The fourth-order valence-corrected chi connectivity index (χ4v) is 1.32. The van der Waals surface area contributed by atoms with Crippen LogP contribution in [-0.2, 0) is 0 Å². The van der Waals surface area contributed by atoms with Gasteiger partial charge in [0.2, 0.25) is 0 Å². The maximum Gasteiger partial charge on any atom is -0.0225 e. The molecule has 0 spiro atoms. The van der Waals surface area contributed by atoms with Crippen molar-refractivity contribution in [2.24, 2.45) is 0 Å². The van der Waals surface area contributed by atoms with Crippen molar-refractivity contribution in [3.63, 3.8) is 0 Å². The molecule has 0 N–H and O–H groups in total. The monoisotopic (exact) mass is 186 g/mol. The zero-order valence-electron chi connectivity index (χ0n) is 9.09. The molecule has 0 nitrogen and oxygen atoms in total. The van der Waals surface area contributed by atoms with Crippen LogP contribution < -0.4 is 0 Å². The van der Waals surface area contributed by atoms with Crippen molar-refractivity contribution in [2.75, 3.05) is 0 Å². The largest absolute Gasteiger partial charge is 0.0952 e. The van der Waals surface area contributed by atoms with Crippen LogP contribution in [0, 0.1) is 0 Å². The van der Waals surface area contributed by atoms with Gasteiger partial charge < -0.3 is 0 Å². The molecule has 1 rings (SSSR count). The normalized spacial score (nSPS) is 10.7. The average Bonchev–Trinajstić information content (AvgIpc) is 2.25. The lowest BCUT2D eigenvalue weighted by Crippen LogP contribution is -1.81. The van der Waals surface area contributed by atoms with Crippen molar-refractivity contribution in [1.29, 1.82) is 0 Å². The summed E-state index contributed by atoms with van der Waals surface area (Å²) in [5.74, 6) is 0. The third-order valence-corrected chi connectivity index (χ3v) is 2.27. The molecule has 0 amide bonds. The molecule has 0 aliphatic heterocycles. The Morgan fingerprint density at radius 2 is 2.14 bits per heavy atom. The topological polar surface area (TPSA) is 0 Å². The molecular weight excluding hydrogens is 168 g/mol. The van der Waals surface area contributed by atoms with Crippen LogP contribution in [0.2, 0.25) is 0 Å². The predicted octanol–water partition coefficient (Wildman–Crippen LogP) is 4.53. The number of allylic oxidation sites excluding steroid dienone is 2. The molecule has 0 aliphatic rings. The Morgan fingerprint density at radius 3 is 2.79 bits per heavy atom. The molecule has 0 radical (unpaired) electrons. The quantitative estimate of drug-likeness (QED) is 0.648. The van der Waals surface area contributed by atoms with E-state index in [-0.39, 0.29) is 0 Å². The number of benzene rings is 1. The molecule has 74 valence electrons. The van der Waals surface area contributed by atoms with E-state index >= 15 is 0 Å². The summed E-state index contributed by atoms with van der Waals surface area (Å²) in [6.07, 6.45) is 6.43. The van der Waals surface area contributed by atoms with Crippen molar-refractivity contribution >= 4 is 11.6 Å². The SMILES string of the molecule is C=C(CC)c1cccc(/C=C\CC)c1. The van der Waals surface area contributed by atoms with E-state index in [0.717, 1.165) is 12.8 Å². The van der Waals surface area contributed by atoms with Crippen molar-refractivity contribution in [2.45, 2.75) is 26.7 Å². The summed E-state index contributed by atoms with van der Waals surface area (Å²) >= 11 is 0. The molecule has 0 aromatic heterocycles. The molecule has 0 fully saturated rings. The second-order valence-electron chi connectivity index (χ2n) is 3.39. The van der Waals surface area contributed by atoms with Crippen LogP contribution in [-0.4, -0.2) is 0 Å². The van der Waals surface area contributed by atoms with E-state index in [4.69, 9.17) is 0 Å². The van der Waals surface area contributed by atoms with E-state index in [1.807, 2.05) is 0 Å². The Balaban J connectivity index is 2.89. The van der Waals surface area contributed by atoms with Gasteiger partial charge in [0.25, 0.3) is 0 Å². The molecule has 1 aromatic carbocycles. The Labute approximate surface area is 87.0 Å². The Bertz CT molecular complexity index is 332. The van der Waals surface area contributed by atoms with Gasteiger partial charge in [-0.25, -0.2) is 0 Å². The maximum atomic E-state index is 4.04. The van der Waals surface area contributed by atoms with Crippen LogP contribution in [0.1, 0.15) is 37.8 Å². The average molecular weight is 186 g/mol. The highest BCUT2D eigenvalue weighted by molar-refractivity contribution is 5.66. The molecule has 14 heavy (non-hydrogen) atoms. The first-order valence-electron chi connectivity index (χ1n) is 5.22. The zero-order valence-corrected chi connectivity index (χ0v) is 9.09. The minimum Gasteiger partial charge on any atom is -0.0952 e. The minimum absolute atomic E-state index is 1.01. The minimum atomic E-state index is 1.01. The smallest absolute Gasteiger partial charge is 0.0225 e. The highest BCUT2D eigenvalue weighted by Crippen LogP contribution is 2.17. The number of rotatable bonds is 4. The summed E-state index contributed by atoms with van der Waals surface area (Å²) < 4.78 is 0. The van der Waals surface area contributed by atoms with Crippen LogP contribution in [0.4, 0.5) is 0 Å². The number of hydrogen-bond donors (Lipinski definition) is 0. The molecule has 0 heteroatoms. The Hall–Kier alpha value is -1.30. The molecule has 1 aromatic rings. The van der Waals surface area contributed by atoms with Crippen LogP contribution in [0.5, 0.6) is 0 Å². The molecule has 0 heterocycles. The van der Waals surface area contributed by atoms with E-state index in [2.05, 4.69) is 56.8 Å². The Morgan fingerprint density at radius 1 is 1.36 bits per heavy atom. The second kappa shape index (κ2) is 5.43. The first-order valence-corrected chi connectivity index (χ1v) is 5.22. The van der Waals surface area contributed by atoms with E-state index in [1.54, 1.807) is 0 Å². The third-order valence-electron chi connectivity index (χ3n) is 2.27. The van der Waals surface area contributed by atoms with Crippen molar-refractivity contribution in [1.82, 2.24) is 0 Å². The molecule has 0 unspecified atom stereocenters. The van der Waals surface area contributed by atoms with Gasteiger partial charge in [0.05, 0.1) is 0 Å². The van der Waals surface area contributed by atoms with Crippen molar-refractivity contribution in [3.8, 4) is 0 Å². The summed E-state index contributed by atoms with van der Waals surface area (Å²) in [4.78, 5) is 0. The van der Waals surface area contributed by atoms with Gasteiger partial charge in [-0.1, -0.05) is 50.8 Å². The fraction of sp³-hybridized carbons (Fsp3) is 0.286. The molecule has 0 aliphatic carbocycles. The van der Waals surface area contributed by atoms with Gasteiger partial charge in [0.1, 0.15) is 0 Å². The lowest BCUT2D eigenvalue weighted by atomic mass is 10.0.